The van der Waals surface area contributed by atoms with E-state index in [-0.39, 0.29) is 60.6 Å². The molecule has 1 aromatic carbocycles. The van der Waals surface area contributed by atoms with Crippen LogP contribution in [0.1, 0.15) is 38.8 Å². The predicted octanol–water partition coefficient (Wildman–Crippen LogP) is 2.82. The minimum atomic E-state index is -0.342. The molecule has 0 spiro atoms. The van der Waals surface area contributed by atoms with Crippen LogP contribution in [0.25, 0.3) is 0 Å². The van der Waals surface area contributed by atoms with Crippen molar-refractivity contribution in [1.82, 2.24) is 10.6 Å². The summed E-state index contributed by atoms with van der Waals surface area (Å²) in [5, 5.41) is 6.09. The van der Waals surface area contributed by atoms with E-state index in [4.69, 9.17) is 0 Å². The quantitative estimate of drug-likeness (QED) is 0.482. The first kappa shape index (κ1) is 21.8. The number of nitrogens with one attached hydrogen (secondary N) is 2. The molecule has 6 heteroatoms. The molecule has 0 radical (unpaired) electrons. The van der Waals surface area contributed by atoms with E-state index in [0.717, 1.165) is 11.1 Å². The van der Waals surface area contributed by atoms with E-state index < -0.39 is 0 Å². The Morgan fingerprint density at radius 1 is 0.833 bits per heavy atom. The molecule has 0 unspecified atom stereocenters. The van der Waals surface area contributed by atoms with Gasteiger partial charge in [-0.2, -0.15) is 0 Å². The van der Waals surface area contributed by atoms with Crippen molar-refractivity contribution >= 4 is 53.7 Å². The number of carbonyl (C=O) groups is 2. The van der Waals surface area contributed by atoms with Crippen LogP contribution >= 0.6 is 0 Å². The SMILES string of the molecule is C[Te]C(C)(C)C(=O)NCc1ccccc1CNC(=O)C(C)(C)[Te]C. The monoisotopic (exact) mass is 564 g/mol. The van der Waals surface area contributed by atoms with Crippen LogP contribution in [0, 0.1) is 0 Å². The van der Waals surface area contributed by atoms with Crippen molar-refractivity contribution in [3.8, 4) is 0 Å². The number of hydrogen-bond acceptors (Lipinski definition) is 2. The fourth-order valence-electron chi connectivity index (χ4n) is 1.86. The van der Waals surface area contributed by atoms with Gasteiger partial charge in [-0.05, 0) is 0 Å². The van der Waals surface area contributed by atoms with Gasteiger partial charge in [0, 0.05) is 0 Å². The van der Waals surface area contributed by atoms with Gasteiger partial charge in [0.1, 0.15) is 0 Å². The molecule has 4 nitrogen and oxygen atoms in total. The van der Waals surface area contributed by atoms with Gasteiger partial charge >= 0.3 is 167 Å². The molecule has 24 heavy (non-hydrogen) atoms. The summed E-state index contributed by atoms with van der Waals surface area (Å²) in [6.45, 7) is 9.04. The second-order valence-corrected chi connectivity index (χ2v) is 14.7. The maximum atomic E-state index is 12.3. The number of rotatable bonds is 8. The summed E-state index contributed by atoms with van der Waals surface area (Å²) in [4.78, 5) is 28.8. The van der Waals surface area contributed by atoms with Crippen LogP contribution in [0.15, 0.2) is 24.3 Å². The predicted molar refractivity (Wildman–Crippen MR) is 101 cm³/mol. The van der Waals surface area contributed by atoms with E-state index in [0.29, 0.717) is 13.1 Å². The molecule has 0 bridgehead atoms. The average molecular weight is 560 g/mol. The van der Waals surface area contributed by atoms with Crippen LogP contribution < -0.4 is 10.6 Å². The summed E-state index contributed by atoms with van der Waals surface area (Å²) < 4.78 is -0.465. The zero-order valence-electron chi connectivity index (χ0n) is 15.4. The molecule has 134 valence electrons. The molecular weight excluding hydrogens is 531 g/mol. The van der Waals surface area contributed by atoms with Gasteiger partial charge in [0.15, 0.2) is 0 Å². The van der Waals surface area contributed by atoms with Gasteiger partial charge in [-0.1, -0.05) is 0 Å². The Hall–Kier alpha value is -0.261. The summed E-state index contributed by atoms with van der Waals surface area (Å²) in [6.07, 6.45) is 0. The first-order valence-electron chi connectivity index (χ1n) is 7.87. The van der Waals surface area contributed by atoms with Crippen LogP contribution in [0.3, 0.4) is 0 Å². The molecule has 0 fully saturated rings. The zero-order chi connectivity index (χ0) is 18.4. The van der Waals surface area contributed by atoms with Gasteiger partial charge in [-0.3, -0.25) is 0 Å². The molecule has 0 saturated heterocycles. The average Bonchev–Trinajstić information content (AvgIpc) is 2.57. The molecule has 0 atom stereocenters. The van der Waals surface area contributed by atoms with Crippen molar-refractivity contribution in [2.45, 2.75) is 57.7 Å². The molecule has 1 rings (SSSR count). The van der Waals surface area contributed by atoms with Gasteiger partial charge in [-0.15, -0.1) is 0 Å². The molecule has 0 aliphatic heterocycles. The third kappa shape index (κ3) is 6.23. The fourth-order valence-corrected chi connectivity index (χ4v) is 3.33. The maximum absolute atomic E-state index is 12.3. The van der Waals surface area contributed by atoms with E-state index >= 15 is 0 Å². The number of benzene rings is 1. The van der Waals surface area contributed by atoms with Crippen molar-refractivity contribution in [2.24, 2.45) is 0 Å². The van der Waals surface area contributed by atoms with Crippen LogP contribution in [-0.4, -0.2) is 53.7 Å². The molecule has 0 saturated carbocycles. The fraction of sp³-hybridized carbons (Fsp3) is 0.556. The van der Waals surface area contributed by atoms with E-state index in [2.05, 4.69) is 20.6 Å². The summed E-state index contributed by atoms with van der Waals surface area (Å²) in [7, 11) is 0. The molecular formula is C18H28N2O2Te2. The molecule has 2 N–H and O–H groups in total. The van der Waals surface area contributed by atoms with Crippen LogP contribution in [0.5, 0.6) is 0 Å². The molecule has 0 heterocycles. The van der Waals surface area contributed by atoms with E-state index in [1.54, 1.807) is 0 Å². The van der Waals surface area contributed by atoms with Crippen LogP contribution in [0.2, 0.25) is 16.9 Å². The number of hydrogen-bond donors (Lipinski definition) is 2. The second-order valence-electron chi connectivity index (χ2n) is 6.56. The second kappa shape index (κ2) is 9.44. The van der Waals surface area contributed by atoms with E-state index in [9.17, 15) is 9.59 Å². The Morgan fingerprint density at radius 3 is 1.46 bits per heavy atom. The van der Waals surface area contributed by atoms with Gasteiger partial charge in [0.25, 0.3) is 0 Å². The first-order chi connectivity index (χ1) is 11.1. The summed E-state index contributed by atoms with van der Waals surface area (Å²) in [6, 6.07) is 7.95. The third-order valence-electron chi connectivity index (χ3n) is 4.11. The van der Waals surface area contributed by atoms with Crippen molar-refractivity contribution in [3.05, 3.63) is 35.4 Å². The van der Waals surface area contributed by atoms with Gasteiger partial charge in [0.05, 0.1) is 0 Å². The Labute approximate surface area is 166 Å². The molecule has 0 aliphatic carbocycles. The number of amides is 2. The van der Waals surface area contributed by atoms with Gasteiger partial charge < -0.3 is 0 Å². The minimum absolute atomic E-state index is 0.115. The summed E-state index contributed by atoms with van der Waals surface area (Å²) >= 11 is -0.684. The summed E-state index contributed by atoms with van der Waals surface area (Å²) in [5.74, 6) is 0.230. The normalized spacial score (nSPS) is 11.9. The van der Waals surface area contributed by atoms with E-state index in [1.165, 1.54) is 0 Å². The summed E-state index contributed by atoms with van der Waals surface area (Å²) in [5.41, 5.74) is 2.12. The van der Waals surface area contributed by atoms with E-state index in [1.807, 2.05) is 52.0 Å². The van der Waals surface area contributed by atoms with Crippen molar-refractivity contribution in [1.29, 1.82) is 0 Å². The number of carbonyl (C=O) groups excluding carboxylic acids is 2. The van der Waals surface area contributed by atoms with Crippen molar-refractivity contribution in [2.75, 3.05) is 0 Å². The van der Waals surface area contributed by atoms with Gasteiger partial charge in [-0.25, -0.2) is 0 Å². The Balaban J connectivity index is 2.72. The standard InChI is InChI=1S/C18H28N2O2Te2/c1-17(2,23-5)15(21)19-11-13-9-7-8-10-14(13)12-20-16(22)18(3,4)24-6/h7-10H,11-12H2,1-6H3,(H,19,21)(H,20,22). The Kier molecular flexibility index (Phi) is 8.57. The third-order valence-corrected chi connectivity index (χ3v) is 11.0. The Bertz CT molecular complexity index is 535. The van der Waals surface area contributed by atoms with Crippen molar-refractivity contribution in [3.63, 3.8) is 0 Å². The van der Waals surface area contributed by atoms with Gasteiger partial charge in [0.2, 0.25) is 0 Å². The molecule has 0 aromatic heterocycles. The van der Waals surface area contributed by atoms with Crippen LogP contribution in [0.4, 0.5) is 0 Å². The first-order valence-corrected chi connectivity index (χ1v) is 14.9. The molecule has 1 aromatic rings. The Morgan fingerprint density at radius 2 is 1.17 bits per heavy atom. The van der Waals surface area contributed by atoms with Crippen molar-refractivity contribution < 1.29 is 9.59 Å². The topological polar surface area (TPSA) is 58.2 Å². The van der Waals surface area contributed by atoms with Crippen LogP contribution in [-0.2, 0) is 22.7 Å². The zero-order valence-corrected chi connectivity index (χ0v) is 20.0. The molecule has 0 aliphatic rings. The molecule has 2 amide bonds.